The molecular formula is C13H21N3S. The monoisotopic (exact) mass is 251 g/mol. The minimum absolute atomic E-state index is 0.703. The van der Waals surface area contributed by atoms with E-state index in [0.29, 0.717) is 5.70 Å². The molecule has 0 spiro atoms. The number of rotatable bonds is 4. The third kappa shape index (κ3) is 5.47. The lowest BCUT2D eigenvalue weighted by Crippen LogP contribution is -2.02. The molecule has 0 saturated carbocycles. The Balaban J connectivity index is 0.00000121. The van der Waals surface area contributed by atoms with Crippen LogP contribution in [0.25, 0.3) is 0 Å². The summed E-state index contributed by atoms with van der Waals surface area (Å²) in [6, 6.07) is 8.01. The molecule has 0 atom stereocenters. The van der Waals surface area contributed by atoms with Crippen LogP contribution in [0.15, 0.2) is 47.6 Å². The average Bonchev–Trinajstić information content (AvgIpc) is 2.36. The molecule has 5 N–H and O–H groups in total. The Labute approximate surface area is 108 Å². The molecule has 1 rings (SSSR count). The highest BCUT2D eigenvalue weighted by Crippen LogP contribution is 2.19. The molecule has 1 aromatic carbocycles. The van der Waals surface area contributed by atoms with Gasteiger partial charge < -0.3 is 11.1 Å². The minimum atomic E-state index is 0.703. The van der Waals surface area contributed by atoms with E-state index in [0.717, 1.165) is 22.5 Å². The topological polar surface area (TPSA) is 64.1 Å². The third-order valence-electron chi connectivity index (χ3n) is 1.92. The predicted molar refractivity (Wildman–Crippen MR) is 79.3 cm³/mol. The van der Waals surface area contributed by atoms with Crippen molar-refractivity contribution in [2.24, 2.45) is 10.9 Å². The standard InChI is InChI=1S/C11H15N3S.C2H6/c1-8-3-5-10(6-4-8)14-9(2)11(7-12)15-13;1-2/h3-7,14H,2,12-13H2,1H3;1-2H3/b11-7-;. The van der Waals surface area contributed by atoms with Crippen molar-refractivity contribution >= 4 is 17.6 Å². The van der Waals surface area contributed by atoms with Crippen LogP contribution in [0.3, 0.4) is 0 Å². The minimum Gasteiger partial charge on any atom is -0.404 e. The van der Waals surface area contributed by atoms with E-state index < -0.39 is 0 Å². The Morgan fingerprint density at radius 2 is 1.82 bits per heavy atom. The van der Waals surface area contributed by atoms with Gasteiger partial charge in [0, 0.05) is 17.6 Å². The second-order valence-electron chi connectivity index (χ2n) is 3.12. The molecule has 0 heterocycles. The molecule has 0 aliphatic heterocycles. The molecule has 3 nitrogen and oxygen atoms in total. The van der Waals surface area contributed by atoms with E-state index >= 15 is 0 Å². The maximum absolute atomic E-state index is 5.43. The van der Waals surface area contributed by atoms with E-state index in [-0.39, 0.29) is 0 Å². The summed E-state index contributed by atoms with van der Waals surface area (Å²) in [6.07, 6.45) is 1.44. The highest BCUT2D eigenvalue weighted by molar-refractivity contribution is 8.01. The predicted octanol–water partition coefficient (Wildman–Crippen LogP) is 3.35. The Morgan fingerprint density at radius 1 is 1.29 bits per heavy atom. The molecule has 0 aliphatic carbocycles. The Morgan fingerprint density at radius 3 is 2.24 bits per heavy atom. The maximum atomic E-state index is 5.43. The molecule has 1 aromatic rings. The quantitative estimate of drug-likeness (QED) is 0.567. The fraction of sp³-hybridized carbons (Fsp3) is 0.231. The van der Waals surface area contributed by atoms with Crippen LogP contribution >= 0.6 is 11.9 Å². The number of benzene rings is 1. The Kier molecular flexibility index (Phi) is 8.01. The highest BCUT2D eigenvalue weighted by atomic mass is 32.2. The summed E-state index contributed by atoms with van der Waals surface area (Å²) in [4.78, 5) is 0.732. The van der Waals surface area contributed by atoms with Gasteiger partial charge in [0.05, 0.1) is 4.91 Å². The average molecular weight is 251 g/mol. The van der Waals surface area contributed by atoms with Crippen molar-refractivity contribution in [3.05, 3.63) is 53.2 Å². The largest absolute Gasteiger partial charge is 0.404 e. The van der Waals surface area contributed by atoms with Gasteiger partial charge in [-0.25, -0.2) is 0 Å². The summed E-state index contributed by atoms with van der Waals surface area (Å²) in [5, 5.41) is 8.56. The van der Waals surface area contributed by atoms with E-state index in [2.05, 4.69) is 11.9 Å². The fourth-order valence-electron chi connectivity index (χ4n) is 1.08. The van der Waals surface area contributed by atoms with Crippen molar-refractivity contribution < 1.29 is 0 Å². The SMILES string of the molecule is C=C(Nc1ccc(C)cc1)/C(=C/N)SN.CC. The smallest absolute Gasteiger partial charge is 0.0609 e. The van der Waals surface area contributed by atoms with Crippen molar-refractivity contribution in [2.45, 2.75) is 20.8 Å². The summed E-state index contributed by atoms with van der Waals surface area (Å²) in [5.41, 5.74) is 8.29. The highest BCUT2D eigenvalue weighted by Gasteiger charge is 2.01. The Hall–Kier alpha value is -1.39. The van der Waals surface area contributed by atoms with Crippen LogP contribution in [0.1, 0.15) is 19.4 Å². The van der Waals surface area contributed by atoms with Crippen molar-refractivity contribution in [3.63, 3.8) is 0 Å². The van der Waals surface area contributed by atoms with Crippen LogP contribution in [0.4, 0.5) is 5.69 Å². The number of nitrogens with one attached hydrogen (secondary N) is 1. The van der Waals surface area contributed by atoms with E-state index in [4.69, 9.17) is 10.9 Å². The van der Waals surface area contributed by atoms with Gasteiger partial charge in [-0.1, -0.05) is 38.1 Å². The molecule has 0 bridgehead atoms. The van der Waals surface area contributed by atoms with Gasteiger partial charge in [-0.15, -0.1) is 0 Å². The summed E-state index contributed by atoms with van der Waals surface area (Å²) >= 11 is 1.07. The lowest BCUT2D eigenvalue weighted by molar-refractivity contribution is 1.41. The summed E-state index contributed by atoms with van der Waals surface area (Å²) < 4.78 is 0. The molecular weight excluding hydrogens is 230 g/mol. The van der Waals surface area contributed by atoms with Crippen LogP contribution < -0.4 is 16.2 Å². The van der Waals surface area contributed by atoms with E-state index in [1.807, 2.05) is 45.0 Å². The third-order valence-corrected chi connectivity index (χ3v) is 2.56. The van der Waals surface area contributed by atoms with Crippen molar-refractivity contribution in [3.8, 4) is 0 Å². The lowest BCUT2D eigenvalue weighted by atomic mass is 10.2. The number of aryl methyl sites for hydroxylation is 1. The van der Waals surface area contributed by atoms with Gasteiger partial charge >= 0.3 is 0 Å². The molecule has 0 amide bonds. The molecule has 0 saturated heterocycles. The van der Waals surface area contributed by atoms with Gasteiger partial charge in [-0.3, -0.25) is 5.14 Å². The normalized spacial score (nSPS) is 10.2. The second kappa shape index (κ2) is 8.73. The van der Waals surface area contributed by atoms with Crippen LogP contribution in [-0.4, -0.2) is 0 Å². The maximum Gasteiger partial charge on any atom is 0.0609 e. The van der Waals surface area contributed by atoms with Crippen molar-refractivity contribution in [1.29, 1.82) is 0 Å². The first-order valence-electron chi connectivity index (χ1n) is 5.49. The van der Waals surface area contributed by atoms with Gasteiger partial charge in [0.2, 0.25) is 0 Å². The van der Waals surface area contributed by atoms with Gasteiger partial charge in [0.15, 0.2) is 0 Å². The lowest BCUT2D eigenvalue weighted by Gasteiger charge is -2.10. The first-order chi connectivity index (χ1) is 8.17. The zero-order chi connectivity index (χ0) is 13.3. The number of hydrogen-bond acceptors (Lipinski definition) is 4. The van der Waals surface area contributed by atoms with E-state index in [1.165, 1.54) is 11.8 Å². The second-order valence-corrected chi connectivity index (χ2v) is 3.79. The molecule has 94 valence electrons. The van der Waals surface area contributed by atoms with Crippen molar-refractivity contribution in [2.75, 3.05) is 5.32 Å². The van der Waals surface area contributed by atoms with Crippen LogP contribution in [0.2, 0.25) is 0 Å². The molecule has 0 radical (unpaired) electrons. The first kappa shape index (κ1) is 15.6. The van der Waals surface area contributed by atoms with E-state index in [1.54, 1.807) is 0 Å². The first-order valence-corrected chi connectivity index (χ1v) is 6.37. The van der Waals surface area contributed by atoms with Gasteiger partial charge in [0.1, 0.15) is 0 Å². The van der Waals surface area contributed by atoms with Crippen LogP contribution in [0.5, 0.6) is 0 Å². The summed E-state index contributed by atoms with van der Waals surface area (Å²) in [7, 11) is 0. The summed E-state index contributed by atoms with van der Waals surface area (Å²) in [5.74, 6) is 0. The van der Waals surface area contributed by atoms with E-state index in [9.17, 15) is 0 Å². The van der Waals surface area contributed by atoms with Crippen LogP contribution in [-0.2, 0) is 0 Å². The van der Waals surface area contributed by atoms with Crippen molar-refractivity contribution in [1.82, 2.24) is 0 Å². The zero-order valence-electron chi connectivity index (χ0n) is 10.7. The number of hydrogen-bond donors (Lipinski definition) is 3. The molecule has 0 fully saturated rings. The summed E-state index contributed by atoms with van der Waals surface area (Å²) in [6.45, 7) is 9.90. The molecule has 0 unspecified atom stereocenters. The number of anilines is 1. The Bertz CT molecular complexity index is 369. The molecule has 4 heteroatoms. The fourth-order valence-corrected chi connectivity index (χ4v) is 1.36. The molecule has 17 heavy (non-hydrogen) atoms. The number of nitrogens with two attached hydrogens (primary N) is 2. The van der Waals surface area contributed by atoms with Crippen LogP contribution in [0, 0.1) is 6.92 Å². The van der Waals surface area contributed by atoms with Gasteiger partial charge in [0.25, 0.3) is 0 Å². The molecule has 0 aromatic heterocycles. The molecule has 0 aliphatic rings. The zero-order valence-corrected chi connectivity index (χ0v) is 11.5. The van der Waals surface area contributed by atoms with Gasteiger partial charge in [-0.2, -0.15) is 0 Å². The van der Waals surface area contributed by atoms with Gasteiger partial charge in [-0.05, 0) is 31.0 Å².